The SMILES string of the molecule is CC(C)NCC1(C(C)C)CCCC1. The molecule has 1 rings (SSSR count). The Hall–Kier alpha value is -0.0400. The molecule has 0 spiro atoms. The Bertz CT molecular complexity index is 143. The third-order valence-corrected chi connectivity index (χ3v) is 3.69. The van der Waals surface area contributed by atoms with Gasteiger partial charge in [-0.15, -0.1) is 0 Å². The quantitative estimate of drug-likeness (QED) is 0.706. The van der Waals surface area contributed by atoms with Crippen molar-refractivity contribution in [1.29, 1.82) is 0 Å². The lowest BCUT2D eigenvalue weighted by molar-refractivity contribution is 0.184. The normalized spacial score (nSPS) is 21.7. The molecule has 1 aliphatic rings. The fourth-order valence-electron chi connectivity index (χ4n) is 2.44. The Balaban J connectivity index is 2.47. The summed E-state index contributed by atoms with van der Waals surface area (Å²) in [6.07, 6.45) is 5.75. The minimum absolute atomic E-state index is 0.615. The van der Waals surface area contributed by atoms with E-state index in [1.807, 2.05) is 0 Å². The Morgan fingerprint density at radius 3 is 2.00 bits per heavy atom. The van der Waals surface area contributed by atoms with Gasteiger partial charge in [0.15, 0.2) is 0 Å². The molecule has 1 N–H and O–H groups in total. The average Bonchev–Trinajstić information content (AvgIpc) is 2.50. The Morgan fingerprint density at radius 1 is 1.08 bits per heavy atom. The van der Waals surface area contributed by atoms with Gasteiger partial charge in [0, 0.05) is 12.6 Å². The summed E-state index contributed by atoms with van der Waals surface area (Å²) >= 11 is 0. The lowest BCUT2D eigenvalue weighted by atomic mass is 9.75. The van der Waals surface area contributed by atoms with Gasteiger partial charge in [-0.05, 0) is 24.2 Å². The first-order valence-corrected chi connectivity index (χ1v) is 5.80. The summed E-state index contributed by atoms with van der Waals surface area (Å²) in [4.78, 5) is 0. The minimum atomic E-state index is 0.615. The van der Waals surface area contributed by atoms with Crippen LogP contribution in [-0.4, -0.2) is 12.6 Å². The topological polar surface area (TPSA) is 12.0 Å². The largest absolute Gasteiger partial charge is 0.314 e. The van der Waals surface area contributed by atoms with E-state index in [-0.39, 0.29) is 0 Å². The zero-order valence-electron chi connectivity index (χ0n) is 9.69. The van der Waals surface area contributed by atoms with Crippen molar-refractivity contribution in [1.82, 2.24) is 5.32 Å². The van der Waals surface area contributed by atoms with Crippen LogP contribution in [0.25, 0.3) is 0 Å². The van der Waals surface area contributed by atoms with Gasteiger partial charge in [-0.1, -0.05) is 40.5 Å². The first kappa shape index (κ1) is 11.0. The van der Waals surface area contributed by atoms with Crippen LogP contribution in [0.4, 0.5) is 0 Å². The van der Waals surface area contributed by atoms with E-state index >= 15 is 0 Å². The van der Waals surface area contributed by atoms with E-state index in [1.54, 1.807) is 0 Å². The van der Waals surface area contributed by atoms with E-state index in [4.69, 9.17) is 0 Å². The molecule has 0 bridgehead atoms. The van der Waals surface area contributed by atoms with Crippen LogP contribution in [0.5, 0.6) is 0 Å². The highest BCUT2D eigenvalue weighted by atomic mass is 14.9. The maximum absolute atomic E-state index is 3.61. The van der Waals surface area contributed by atoms with E-state index in [0.29, 0.717) is 11.5 Å². The van der Waals surface area contributed by atoms with Gasteiger partial charge in [-0.25, -0.2) is 0 Å². The number of hydrogen-bond donors (Lipinski definition) is 1. The first-order chi connectivity index (χ1) is 6.07. The van der Waals surface area contributed by atoms with Gasteiger partial charge in [-0.2, -0.15) is 0 Å². The molecule has 0 unspecified atom stereocenters. The molecule has 0 aromatic rings. The van der Waals surface area contributed by atoms with Gasteiger partial charge >= 0.3 is 0 Å². The van der Waals surface area contributed by atoms with E-state index < -0.39 is 0 Å². The van der Waals surface area contributed by atoms with Crippen molar-refractivity contribution >= 4 is 0 Å². The van der Waals surface area contributed by atoms with E-state index in [9.17, 15) is 0 Å². The molecule has 1 nitrogen and oxygen atoms in total. The van der Waals surface area contributed by atoms with Crippen molar-refractivity contribution < 1.29 is 0 Å². The predicted molar refractivity (Wildman–Crippen MR) is 58.9 cm³/mol. The van der Waals surface area contributed by atoms with Crippen LogP contribution >= 0.6 is 0 Å². The average molecular weight is 183 g/mol. The Morgan fingerprint density at radius 2 is 1.62 bits per heavy atom. The highest BCUT2D eigenvalue weighted by molar-refractivity contribution is 4.89. The van der Waals surface area contributed by atoms with Gasteiger partial charge in [0.05, 0.1) is 0 Å². The minimum Gasteiger partial charge on any atom is -0.314 e. The van der Waals surface area contributed by atoms with Crippen LogP contribution < -0.4 is 5.32 Å². The van der Waals surface area contributed by atoms with Crippen LogP contribution in [0.3, 0.4) is 0 Å². The van der Waals surface area contributed by atoms with Crippen LogP contribution in [0.2, 0.25) is 0 Å². The van der Waals surface area contributed by atoms with E-state index in [1.165, 1.54) is 32.2 Å². The molecule has 1 heteroatoms. The molecule has 0 heterocycles. The molecule has 0 saturated heterocycles. The summed E-state index contributed by atoms with van der Waals surface area (Å²) in [5.41, 5.74) is 0.615. The lowest BCUT2D eigenvalue weighted by Gasteiger charge is -2.34. The second kappa shape index (κ2) is 4.45. The van der Waals surface area contributed by atoms with Crippen molar-refractivity contribution in [2.75, 3.05) is 6.54 Å². The van der Waals surface area contributed by atoms with Crippen molar-refractivity contribution in [2.24, 2.45) is 11.3 Å². The summed E-state index contributed by atoms with van der Waals surface area (Å²) in [6.45, 7) is 10.5. The Kier molecular flexibility index (Phi) is 3.78. The number of rotatable bonds is 4. The molecule has 0 aromatic carbocycles. The first-order valence-electron chi connectivity index (χ1n) is 5.80. The summed E-state index contributed by atoms with van der Waals surface area (Å²) in [6, 6.07) is 0.635. The monoisotopic (exact) mass is 183 g/mol. The van der Waals surface area contributed by atoms with Crippen LogP contribution in [0.1, 0.15) is 53.4 Å². The van der Waals surface area contributed by atoms with Crippen LogP contribution in [0, 0.1) is 11.3 Å². The molecule has 1 saturated carbocycles. The van der Waals surface area contributed by atoms with Gasteiger partial charge < -0.3 is 5.32 Å². The molecular weight excluding hydrogens is 158 g/mol. The standard InChI is InChI=1S/C12H25N/c1-10(2)12(7-5-6-8-12)9-13-11(3)4/h10-11,13H,5-9H2,1-4H3. The zero-order chi connectivity index (χ0) is 9.90. The van der Waals surface area contributed by atoms with Gasteiger partial charge in [0.25, 0.3) is 0 Å². The fourth-order valence-corrected chi connectivity index (χ4v) is 2.44. The van der Waals surface area contributed by atoms with Gasteiger partial charge in [0.2, 0.25) is 0 Å². The third-order valence-electron chi connectivity index (χ3n) is 3.69. The Labute approximate surface area is 83.3 Å². The second-order valence-electron chi connectivity index (χ2n) is 5.26. The maximum atomic E-state index is 3.61. The summed E-state index contributed by atoms with van der Waals surface area (Å²) in [5.74, 6) is 0.834. The van der Waals surface area contributed by atoms with Gasteiger partial charge in [-0.3, -0.25) is 0 Å². The molecule has 13 heavy (non-hydrogen) atoms. The summed E-state index contributed by atoms with van der Waals surface area (Å²) < 4.78 is 0. The third kappa shape index (κ3) is 2.70. The van der Waals surface area contributed by atoms with E-state index in [2.05, 4.69) is 33.0 Å². The number of nitrogens with one attached hydrogen (secondary N) is 1. The lowest BCUT2D eigenvalue weighted by Crippen LogP contribution is -2.39. The molecule has 0 aliphatic heterocycles. The van der Waals surface area contributed by atoms with Crippen LogP contribution in [-0.2, 0) is 0 Å². The molecule has 1 fully saturated rings. The molecule has 0 radical (unpaired) electrons. The van der Waals surface area contributed by atoms with E-state index in [0.717, 1.165) is 5.92 Å². The summed E-state index contributed by atoms with van der Waals surface area (Å²) in [5, 5.41) is 3.61. The number of hydrogen-bond acceptors (Lipinski definition) is 1. The molecule has 78 valence electrons. The zero-order valence-corrected chi connectivity index (χ0v) is 9.69. The van der Waals surface area contributed by atoms with Crippen molar-refractivity contribution in [3.8, 4) is 0 Å². The predicted octanol–water partition coefficient (Wildman–Crippen LogP) is 3.20. The molecule has 1 aliphatic carbocycles. The maximum Gasteiger partial charge on any atom is 0.00126 e. The molecule has 0 atom stereocenters. The highest BCUT2D eigenvalue weighted by Crippen LogP contribution is 2.43. The molecule has 0 amide bonds. The molecule has 0 aromatic heterocycles. The van der Waals surface area contributed by atoms with Crippen LogP contribution in [0.15, 0.2) is 0 Å². The van der Waals surface area contributed by atoms with Crippen molar-refractivity contribution in [2.45, 2.75) is 59.4 Å². The van der Waals surface area contributed by atoms with Crippen molar-refractivity contribution in [3.05, 3.63) is 0 Å². The van der Waals surface area contributed by atoms with Gasteiger partial charge in [0.1, 0.15) is 0 Å². The smallest absolute Gasteiger partial charge is 0.00126 e. The fraction of sp³-hybridized carbons (Fsp3) is 1.00. The second-order valence-corrected chi connectivity index (χ2v) is 5.26. The van der Waals surface area contributed by atoms with Crippen molar-refractivity contribution in [3.63, 3.8) is 0 Å². The molecular formula is C12H25N. The highest BCUT2D eigenvalue weighted by Gasteiger charge is 2.36. The summed E-state index contributed by atoms with van der Waals surface area (Å²) in [7, 11) is 0.